The van der Waals surface area contributed by atoms with Gasteiger partial charge in [-0.15, -0.1) is 0 Å². The smallest absolute Gasteiger partial charge is 0.119 e. The van der Waals surface area contributed by atoms with Crippen molar-refractivity contribution in [3.8, 4) is 16.9 Å². The van der Waals surface area contributed by atoms with E-state index >= 15 is 0 Å². The van der Waals surface area contributed by atoms with Crippen molar-refractivity contribution in [1.29, 1.82) is 0 Å². The maximum Gasteiger partial charge on any atom is 0.119 e. The van der Waals surface area contributed by atoms with Crippen molar-refractivity contribution in [3.05, 3.63) is 54.6 Å². The molecule has 0 amide bonds. The molecule has 0 radical (unpaired) electrons. The second-order valence-corrected chi connectivity index (χ2v) is 5.11. The molecule has 20 heavy (non-hydrogen) atoms. The van der Waals surface area contributed by atoms with Gasteiger partial charge in [-0.3, -0.25) is 0 Å². The van der Waals surface area contributed by atoms with E-state index in [2.05, 4.69) is 12.1 Å². The SMILES string of the molecule is CCC(O)(CC)COc1ccc(-c2ccccc2)cc1. The molecule has 0 aliphatic rings. The predicted molar refractivity (Wildman–Crippen MR) is 82.9 cm³/mol. The Hall–Kier alpha value is -1.80. The van der Waals surface area contributed by atoms with Gasteiger partial charge in [0.25, 0.3) is 0 Å². The van der Waals surface area contributed by atoms with E-state index in [0.29, 0.717) is 19.4 Å². The molecule has 0 aliphatic heterocycles. The molecule has 2 aromatic rings. The molecule has 106 valence electrons. The Kier molecular flexibility index (Phi) is 4.80. The van der Waals surface area contributed by atoms with Crippen molar-refractivity contribution < 1.29 is 9.84 Å². The summed E-state index contributed by atoms with van der Waals surface area (Å²) in [6, 6.07) is 18.2. The fourth-order valence-electron chi connectivity index (χ4n) is 2.05. The average molecular weight is 270 g/mol. The first kappa shape index (κ1) is 14.6. The van der Waals surface area contributed by atoms with Gasteiger partial charge in [0, 0.05) is 0 Å². The molecule has 0 heterocycles. The summed E-state index contributed by atoms with van der Waals surface area (Å²) in [6.07, 6.45) is 1.40. The second-order valence-electron chi connectivity index (χ2n) is 5.11. The molecule has 0 aromatic heterocycles. The minimum atomic E-state index is -0.724. The lowest BCUT2D eigenvalue weighted by Crippen LogP contribution is -2.34. The Morgan fingerprint density at radius 2 is 1.40 bits per heavy atom. The van der Waals surface area contributed by atoms with Crippen molar-refractivity contribution in [2.75, 3.05) is 6.61 Å². The maximum atomic E-state index is 10.2. The van der Waals surface area contributed by atoms with E-state index in [1.807, 2.05) is 56.3 Å². The van der Waals surface area contributed by atoms with Crippen LogP contribution in [0.5, 0.6) is 5.75 Å². The molecule has 2 rings (SSSR count). The van der Waals surface area contributed by atoms with Gasteiger partial charge in [-0.05, 0) is 36.1 Å². The zero-order chi connectivity index (χ0) is 14.4. The van der Waals surface area contributed by atoms with Crippen LogP contribution in [-0.2, 0) is 0 Å². The summed E-state index contributed by atoms with van der Waals surface area (Å²) in [5.41, 5.74) is 1.63. The number of hydrogen-bond donors (Lipinski definition) is 1. The zero-order valence-corrected chi connectivity index (χ0v) is 12.2. The van der Waals surface area contributed by atoms with E-state index in [1.54, 1.807) is 0 Å². The summed E-state index contributed by atoms with van der Waals surface area (Å²) < 4.78 is 5.69. The monoisotopic (exact) mass is 270 g/mol. The van der Waals surface area contributed by atoms with Crippen LogP contribution in [0.4, 0.5) is 0 Å². The highest BCUT2D eigenvalue weighted by Gasteiger charge is 2.22. The van der Waals surface area contributed by atoms with E-state index in [9.17, 15) is 5.11 Å². The standard InChI is InChI=1S/C18H22O2/c1-3-18(19,4-2)14-20-17-12-10-16(11-13-17)15-8-6-5-7-9-15/h5-13,19H,3-4,14H2,1-2H3. The van der Waals surface area contributed by atoms with Gasteiger partial charge in [0.2, 0.25) is 0 Å². The zero-order valence-electron chi connectivity index (χ0n) is 12.2. The van der Waals surface area contributed by atoms with Crippen LogP contribution in [0.3, 0.4) is 0 Å². The lowest BCUT2D eigenvalue weighted by molar-refractivity contribution is -0.0113. The molecule has 0 atom stereocenters. The van der Waals surface area contributed by atoms with Crippen LogP contribution in [-0.4, -0.2) is 17.3 Å². The maximum absolute atomic E-state index is 10.2. The van der Waals surface area contributed by atoms with Crippen LogP contribution < -0.4 is 4.74 Å². The van der Waals surface area contributed by atoms with Crippen LogP contribution >= 0.6 is 0 Å². The fourth-order valence-corrected chi connectivity index (χ4v) is 2.05. The Balaban J connectivity index is 2.02. The first-order valence-electron chi connectivity index (χ1n) is 7.17. The highest BCUT2D eigenvalue weighted by Crippen LogP contribution is 2.23. The second kappa shape index (κ2) is 6.58. The molecule has 0 bridgehead atoms. The molecular weight excluding hydrogens is 248 g/mol. The predicted octanol–water partition coefficient (Wildman–Crippen LogP) is 4.28. The van der Waals surface area contributed by atoms with Crippen molar-refractivity contribution >= 4 is 0 Å². The van der Waals surface area contributed by atoms with Crippen LogP contribution in [0.15, 0.2) is 54.6 Å². The first-order valence-corrected chi connectivity index (χ1v) is 7.17. The number of aliphatic hydroxyl groups is 1. The highest BCUT2D eigenvalue weighted by molar-refractivity contribution is 5.63. The van der Waals surface area contributed by atoms with Crippen molar-refractivity contribution in [2.45, 2.75) is 32.3 Å². The average Bonchev–Trinajstić information content (AvgIpc) is 2.54. The molecule has 0 fully saturated rings. The summed E-state index contributed by atoms with van der Waals surface area (Å²) in [6.45, 7) is 4.29. The molecule has 0 saturated carbocycles. The molecule has 0 spiro atoms. The largest absolute Gasteiger partial charge is 0.491 e. The molecule has 1 N–H and O–H groups in total. The first-order chi connectivity index (χ1) is 9.67. The van der Waals surface area contributed by atoms with Crippen LogP contribution in [0.25, 0.3) is 11.1 Å². The van der Waals surface area contributed by atoms with Gasteiger partial charge < -0.3 is 9.84 Å². The van der Waals surface area contributed by atoms with Crippen LogP contribution in [0.2, 0.25) is 0 Å². The van der Waals surface area contributed by atoms with Gasteiger partial charge in [-0.1, -0.05) is 56.3 Å². The molecule has 0 aliphatic carbocycles. The van der Waals surface area contributed by atoms with E-state index in [1.165, 1.54) is 11.1 Å². The topological polar surface area (TPSA) is 29.5 Å². The van der Waals surface area contributed by atoms with Crippen molar-refractivity contribution in [1.82, 2.24) is 0 Å². The Morgan fingerprint density at radius 1 is 0.850 bits per heavy atom. The lowest BCUT2D eigenvalue weighted by Gasteiger charge is -2.25. The van der Waals surface area contributed by atoms with E-state index in [4.69, 9.17) is 4.74 Å². The molecule has 2 aromatic carbocycles. The summed E-state index contributed by atoms with van der Waals surface area (Å²) in [7, 11) is 0. The van der Waals surface area contributed by atoms with Gasteiger partial charge in [0.1, 0.15) is 12.4 Å². The van der Waals surface area contributed by atoms with Gasteiger partial charge in [0.15, 0.2) is 0 Å². The van der Waals surface area contributed by atoms with Gasteiger partial charge >= 0.3 is 0 Å². The lowest BCUT2D eigenvalue weighted by atomic mass is 9.99. The van der Waals surface area contributed by atoms with E-state index < -0.39 is 5.60 Å². The molecule has 0 saturated heterocycles. The van der Waals surface area contributed by atoms with Crippen molar-refractivity contribution in [2.24, 2.45) is 0 Å². The summed E-state index contributed by atoms with van der Waals surface area (Å²) in [5, 5.41) is 10.2. The van der Waals surface area contributed by atoms with Gasteiger partial charge in [0.05, 0.1) is 5.60 Å². The minimum absolute atomic E-state index is 0.338. The molecule has 2 heteroatoms. The summed E-state index contributed by atoms with van der Waals surface area (Å²) >= 11 is 0. The summed E-state index contributed by atoms with van der Waals surface area (Å²) in [4.78, 5) is 0. The third-order valence-corrected chi connectivity index (χ3v) is 3.79. The minimum Gasteiger partial charge on any atom is -0.491 e. The van der Waals surface area contributed by atoms with E-state index in [0.717, 1.165) is 5.75 Å². The van der Waals surface area contributed by atoms with Crippen molar-refractivity contribution in [3.63, 3.8) is 0 Å². The normalized spacial score (nSPS) is 11.3. The number of benzene rings is 2. The Morgan fingerprint density at radius 3 is 1.95 bits per heavy atom. The van der Waals surface area contributed by atoms with Gasteiger partial charge in [-0.2, -0.15) is 0 Å². The Labute approximate surface area is 121 Å². The van der Waals surface area contributed by atoms with Crippen LogP contribution in [0, 0.1) is 0 Å². The third kappa shape index (κ3) is 3.61. The van der Waals surface area contributed by atoms with E-state index in [-0.39, 0.29) is 0 Å². The Bertz CT molecular complexity index is 513. The quantitative estimate of drug-likeness (QED) is 0.848. The number of ether oxygens (including phenoxy) is 1. The van der Waals surface area contributed by atoms with Gasteiger partial charge in [-0.25, -0.2) is 0 Å². The fraction of sp³-hybridized carbons (Fsp3) is 0.333. The molecule has 0 unspecified atom stereocenters. The third-order valence-electron chi connectivity index (χ3n) is 3.79. The highest BCUT2D eigenvalue weighted by atomic mass is 16.5. The molecule has 2 nitrogen and oxygen atoms in total. The number of hydrogen-bond acceptors (Lipinski definition) is 2. The van der Waals surface area contributed by atoms with Crippen LogP contribution in [0.1, 0.15) is 26.7 Å². The summed E-state index contributed by atoms with van der Waals surface area (Å²) in [5.74, 6) is 0.796. The number of rotatable bonds is 6. The molecular formula is C18H22O2.